The molecule has 0 amide bonds. The number of hydrogen-bond acceptors (Lipinski definition) is 6. The molecule has 0 aliphatic carbocycles. The van der Waals surface area contributed by atoms with Gasteiger partial charge in [0, 0.05) is 16.7 Å². The summed E-state index contributed by atoms with van der Waals surface area (Å²) in [6.45, 7) is 0. The Morgan fingerprint density at radius 2 is 0.575 bits per heavy atom. The summed E-state index contributed by atoms with van der Waals surface area (Å²) in [5, 5.41) is 37.1. The molecule has 0 heterocycles. The normalized spacial score (nSPS) is 9.90. The molecule has 0 bridgehead atoms. The summed E-state index contributed by atoms with van der Waals surface area (Å²) in [5.74, 6) is -3.38. The van der Waals surface area contributed by atoms with Gasteiger partial charge < -0.3 is 29.7 Å². The quantitative estimate of drug-likeness (QED) is 0.287. The second kappa shape index (κ2) is 14.3. The largest absolute Gasteiger partial charge is 3.00 e. The molecule has 193 valence electrons. The number of carbonyl (C=O) groups is 3. The van der Waals surface area contributed by atoms with Gasteiger partial charge in [-0.1, -0.05) is 127 Å². The average Bonchev–Trinajstić information content (AvgIpc) is 2.96. The van der Waals surface area contributed by atoms with E-state index in [2.05, 4.69) is 0 Å². The van der Waals surface area contributed by atoms with E-state index in [9.17, 15) is 29.7 Å². The molecule has 6 aromatic carbocycles. The Balaban J connectivity index is 0.000000163. The predicted octanol–water partition coefficient (Wildman–Crippen LogP) is 3.61. The second-order valence-corrected chi connectivity index (χ2v) is 8.44. The molecule has 0 unspecified atom stereocenters. The van der Waals surface area contributed by atoms with Crippen molar-refractivity contribution >= 4 is 50.2 Å². The fourth-order valence-electron chi connectivity index (χ4n) is 4.21. The van der Waals surface area contributed by atoms with Gasteiger partial charge in [0.2, 0.25) is 0 Å². The Hall–Kier alpha value is -4.14. The van der Waals surface area contributed by atoms with E-state index in [-0.39, 0.29) is 57.5 Å². The second-order valence-electron chi connectivity index (χ2n) is 8.44. The first-order chi connectivity index (χ1) is 18.9. The number of rotatable bonds is 3. The number of carboxylic acid groups (broad SMARTS) is 3. The van der Waals surface area contributed by atoms with Gasteiger partial charge in [-0.05, 0) is 32.3 Å². The van der Waals surface area contributed by atoms with E-state index in [0.29, 0.717) is 0 Å². The van der Waals surface area contributed by atoms with E-state index in [1.165, 1.54) is 0 Å². The van der Waals surface area contributed by atoms with Crippen LogP contribution in [0, 0.1) is 40.8 Å². The summed E-state index contributed by atoms with van der Waals surface area (Å²) in [5.41, 5.74) is 0.745. The summed E-state index contributed by atoms with van der Waals surface area (Å²) in [6.07, 6.45) is 0. The van der Waals surface area contributed by atoms with Gasteiger partial charge >= 0.3 is 40.8 Å². The Morgan fingerprint density at radius 1 is 0.350 bits per heavy atom. The fraction of sp³-hybridized carbons (Fsp3) is 0. The number of carbonyl (C=O) groups excluding carboxylic acids is 3. The molecule has 0 aliphatic heterocycles. The first-order valence-corrected chi connectivity index (χ1v) is 11.9. The van der Waals surface area contributed by atoms with E-state index in [0.717, 1.165) is 32.3 Å². The van der Waals surface area contributed by atoms with Crippen LogP contribution in [0.25, 0.3) is 32.3 Å². The topological polar surface area (TPSA) is 120 Å². The first-order valence-electron chi connectivity index (χ1n) is 11.9. The van der Waals surface area contributed by atoms with Crippen molar-refractivity contribution in [1.82, 2.24) is 0 Å². The van der Waals surface area contributed by atoms with Gasteiger partial charge in [-0.25, -0.2) is 0 Å². The summed E-state index contributed by atoms with van der Waals surface area (Å²) in [7, 11) is 0. The van der Waals surface area contributed by atoms with Crippen molar-refractivity contribution in [3.05, 3.63) is 144 Å². The molecule has 0 saturated heterocycles. The van der Waals surface area contributed by atoms with Crippen molar-refractivity contribution in [3.63, 3.8) is 0 Å². The minimum Gasteiger partial charge on any atom is -0.545 e. The summed E-state index contributed by atoms with van der Waals surface area (Å²) in [4.78, 5) is 32.1. The number of carboxylic acids is 3. The van der Waals surface area contributed by atoms with Gasteiger partial charge in [0.1, 0.15) is 0 Å². The molecule has 6 nitrogen and oxygen atoms in total. The number of hydrogen-bond donors (Lipinski definition) is 0. The van der Waals surface area contributed by atoms with Gasteiger partial charge in [-0.2, -0.15) is 0 Å². The average molecular weight is 658 g/mol. The van der Waals surface area contributed by atoms with Crippen LogP contribution in [0.4, 0.5) is 0 Å². The van der Waals surface area contributed by atoms with Crippen molar-refractivity contribution in [1.29, 1.82) is 0 Å². The molecule has 0 spiro atoms. The van der Waals surface area contributed by atoms with Crippen LogP contribution in [0.15, 0.2) is 127 Å². The monoisotopic (exact) mass is 655 g/mol. The van der Waals surface area contributed by atoms with Gasteiger partial charge in [0.25, 0.3) is 0 Å². The molecular weight excluding hydrogens is 637 g/mol. The minimum atomic E-state index is -1.13. The molecule has 0 atom stereocenters. The first kappa shape index (κ1) is 30.4. The van der Waals surface area contributed by atoms with E-state index in [1.54, 1.807) is 54.6 Å². The third-order valence-electron chi connectivity index (χ3n) is 6.03. The zero-order valence-corrected chi connectivity index (χ0v) is 24.3. The summed E-state index contributed by atoms with van der Waals surface area (Å²) in [6, 6.07) is 37.5. The third-order valence-corrected chi connectivity index (χ3v) is 6.03. The maximum absolute atomic E-state index is 10.7. The van der Waals surface area contributed by atoms with Crippen LogP contribution in [0.2, 0.25) is 0 Å². The standard InChI is InChI=1S/3C11H8O2.Nd/c3*12-11(13)10-7-3-5-8-4-1-2-6-9(8)10;/h3*1-7H,(H,12,13);/q;;;+3/p-3. The molecule has 7 heteroatoms. The zero-order chi connectivity index (χ0) is 27.8. The van der Waals surface area contributed by atoms with Crippen LogP contribution in [0.1, 0.15) is 31.1 Å². The smallest absolute Gasteiger partial charge is 0.545 e. The van der Waals surface area contributed by atoms with Crippen LogP contribution in [-0.4, -0.2) is 17.9 Å². The van der Waals surface area contributed by atoms with E-state index in [1.807, 2.05) is 72.8 Å². The molecule has 6 rings (SSSR count). The Morgan fingerprint density at radius 3 is 0.825 bits per heavy atom. The van der Waals surface area contributed by atoms with E-state index in [4.69, 9.17) is 0 Å². The molecule has 0 aliphatic rings. The van der Waals surface area contributed by atoms with Crippen molar-refractivity contribution in [2.75, 3.05) is 0 Å². The Labute approximate surface area is 263 Å². The van der Waals surface area contributed by atoms with Crippen LogP contribution in [0.5, 0.6) is 0 Å². The van der Waals surface area contributed by atoms with E-state index >= 15 is 0 Å². The maximum Gasteiger partial charge on any atom is 3.00 e. The summed E-state index contributed by atoms with van der Waals surface area (Å²) < 4.78 is 0. The van der Waals surface area contributed by atoms with Crippen molar-refractivity contribution in [3.8, 4) is 0 Å². The number of fused-ring (bicyclic) bond motifs is 3. The molecule has 0 aromatic heterocycles. The number of benzene rings is 6. The molecule has 6 aromatic rings. The molecule has 0 N–H and O–H groups in total. The number of aromatic carboxylic acids is 3. The van der Waals surface area contributed by atoms with Crippen LogP contribution >= 0.6 is 0 Å². The Bertz CT molecular complexity index is 1580. The van der Waals surface area contributed by atoms with Crippen LogP contribution in [0.3, 0.4) is 0 Å². The van der Waals surface area contributed by atoms with Gasteiger partial charge in [-0.3, -0.25) is 0 Å². The third kappa shape index (κ3) is 7.28. The van der Waals surface area contributed by atoms with Gasteiger partial charge in [0.05, 0.1) is 17.9 Å². The predicted molar refractivity (Wildman–Crippen MR) is 145 cm³/mol. The zero-order valence-electron chi connectivity index (χ0n) is 21.1. The maximum atomic E-state index is 10.7. The Kier molecular flexibility index (Phi) is 10.9. The molecular formula is C33H21NdO6. The SMILES string of the molecule is O=C([O-])c1cccc2ccccc12.O=C([O-])c1cccc2ccccc12.O=C([O-])c1cccc2ccccc12.[Nd+3]. The minimum absolute atomic E-state index is 0. The van der Waals surface area contributed by atoms with Gasteiger partial charge in [-0.15, -0.1) is 0 Å². The summed E-state index contributed by atoms with van der Waals surface area (Å²) >= 11 is 0. The van der Waals surface area contributed by atoms with E-state index < -0.39 is 17.9 Å². The molecule has 1 radical (unpaired) electrons. The van der Waals surface area contributed by atoms with Crippen LogP contribution in [-0.2, 0) is 0 Å². The van der Waals surface area contributed by atoms with Crippen molar-refractivity contribution in [2.24, 2.45) is 0 Å². The fourth-order valence-corrected chi connectivity index (χ4v) is 4.21. The van der Waals surface area contributed by atoms with Crippen LogP contribution < -0.4 is 15.3 Å². The molecule has 0 fully saturated rings. The van der Waals surface area contributed by atoms with Gasteiger partial charge in [0.15, 0.2) is 0 Å². The van der Waals surface area contributed by atoms with Crippen molar-refractivity contribution < 1.29 is 70.5 Å². The molecule has 40 heavy (non-hydrogen) atoms. The molecule has 0 saturated carbocycles. The van der Waals surface area contributed by atoms with Crippen molar-refractivity contribution in [2.45, 2.75) is 0 Å².